The quantitative estimate of drug-likeness (QED) is 0.234. The van der Waals surface area contributed by atoms with E-state index in [1.54, 1.807) is 0 Å². The van der Waals surface area contributed by atoms with Gasteiger partial charge in [-0.2, -0.15) is 0 Å². The second kappa shape index (κ2) is 4.75. The van der Waals surface area contributed by atoms with Gasteiger partial charge in [0.1, 0.15) is 12.4 Å². The van der Waals surface area contributed by atoms with Gasteiger partial charge in [-0.3, -0.25) is 0 Å². The van der Waals surface area contributed by atoms with Crippen LogP contribution in [0, 0.1) is 0 Å². The predicted octanol–water partition coefficient (Wildman–Crippen LogP) is -0.783. The van der Waals surface area contributed by atoms with Crippen LogP contribution in [0.15, 0.2) is 5.11 Å². The lowest BCUT2D eigenvalue weighted by molar-refractivity contribution is -0.116. The molecule has 10 heavy (non-hydrogen) atoms. The summed E-state index contributed by atoms with van der Waals surface area (Å²) in [6, 6.07) is -1.07. The second-order valence-electron chi connectivity index (χ2n) is 1.58. The highest BCUT2D eigenvalue weighted by Gasteiger charge is 2.14. The van der Waals surface area contributed by atoms with Crippen LogP contribution in [0.1, 0.15) is 0 Å². The molecule has 0 saturated carbocycles. The van der Waals surface area contributed by atoms with Crippen LogP contribution in [0.3, 0.4) is 0 Å². The largest absolute Gasteiger partial charge is 0.396 e. The molecule has 0 rings (SSSR count). The van der Waals surface area contributed by atoms with E-state index in [0.717, 1.165) is 0 Å². The fourth-order valence-electron chi connectivity index (χ4n) is 0.370. The van der Waals surface area contributed by atoms with Gasteiger partial charge in [-0.05, 0) is 5.53 Å². The molecule has 0 aliphatic carbocycles. The van der Waals surface area contributed by atoms with E-state index in [4.69, 9.17) is 15.7 Å². The van der Waals surface area contributed by atoms with Crippen molar-refractivity contribution < 1.29 is 15.0 Å². The summed E-state index contributed by atoms with van der Waals surface area (Å²) in [6.45, 7) is -0.538. The van der Waals surface area contributed by atoms with E-state index in [9.17, 15) is 4.79 Å². The van der Waals surface area contributed by atoms with Crippen molar-refractivity contribution in [3.05, 3.63) is 10.4 Å². The molecular weight excluding hydrogens is 138 g/mol. The van der Waals surface area contributed by atoms with Crippen molar-refractivity contribution >= 4 is 6.29 Å². The molecule has 0 radical (unpaired) electrons. The first kappa shape index (κ1) is 8.90. The Morgan fingerprint density at radius 1 is 1.80 bits per heavy atom. The molecule has 2 N–H and O–H groups in total. The van der Waals surface area contributed by atoms with Crippen molar-refractivity contribution in [2.45, 2.75) is 12.1 Å². The van der Waals surface area contributed by atoms with Crippen LogP contribution in [-0.4, -0.2) is 35.3 Å². The zero-order chi connectivity index (χ0) is 7.98. The number of nitrogens with zero attached hydrogens (tertiary/aromatic N) is 3. The normalized spacial score (nSPS) is 15.0. The van der Waals surface area contributed by atoms with E-state index in [-0.39, 0.29) is 6.29 Å². The number of aldehydes is 1. The minimum Gasteiger partial charge on any atom is -0.396 e. The maximum absolute atomic E-state index is 9.84. The van der Waals surface area contributed by atoms with Crippen LogP contribution in [0.2, 0.25) is 0 Å². The molecular formula is C4H7N3O3. The summed E-state index contributed by atoms with van der Waals surface area (Å²) < 4.78 is 0. The zero-order valence-corrected chi connectivity index (χ0v) is 5.08. The lowest BCUT2D eigenvalue weighted by Crippen LogP contribution is -2.28. The summed E-state index contributed by atoms with van der Waals surface area (Å²) in [5.74, 6) is 0. The van der Waals surface area contributed by atoms with Gasteiger partial charge in [0.25, 0.3) is 0 Å². The molecule has 0 aromatic heterocycles. The Morgan fingerprint density at radius 3 is 2.70 bits per heavy atom. The third-order valence-corrected chi connectivity index (χ3v) is 0.921. The number of carbonyl (C=O) groups excluding carboxylic acids is 1. The van der Waals surface area contributed by atoms with Gasteiger partial charge in [0.15, 0.2) is 0 Å². The molecule has 0 bridgehead atoms. The fourth-order valence-corrected chi connectivity index (χ4v) is 0.370. The van der Waals surface area contributed by atoms with E-state index in [1.165, 1.54) is 0 Å². The van der Waals surface area contributed by atoms with Gasteiger partial charge in [-0.1, -0.05) is 5.11 Å². The Balaban J connectivity index is 4.04. The Bertz CT molecular complexity index is 154. The van der Waals surface area contributed by atoms with E-state index >= 15 is 0 Å². The van der Waals surface area contributed by atoms with Crippen LogP contribution in [0.5, 0.6) is 0 Å². The van der Waals surface area contributed by atoms with Crippen molar-refractivity contribution in [3.63, 3.8) is 0 Å². The fraction of sp³-hybridized carbons (Fsp3) is 0.750. The first-order valence-electron chi connectivity index (χ1n) is 2.54. The van der Waals surface area contributed by atoms with Gasteiger partial charge in [0, 0.05) is 4.91 Å². The third kappa shape index (κ3) is 2.45. The highest BCUT2D eigenvalue weighted by Crippen LogP contribution is 1.95. The Kier molecular flexibility index (Phi) is 4.23. The van der Waals surface area contributed by atoms with Crippen molar-refractivity contribution in [2.24, 2.45) is 5.11 Å². The van der Waals surface area contributed by atoms with Crippen LogP contribution in [0.25, 0.3) is 10.4 Å². The van der Waals surface area contributed by atoms with Gasteiger partial charge >= 0.3 is 0 Å². The Morgan fingerprint density at radius 2 is 2.40 bits per heavy atom. The molecule has 0 aliphatic rings. The molecule has 0 saturated heterocycles. The van der Waals surface area contributed by atoms with Gasteiger partial charge in [-0.15, -0.1) is 0 Å². The van der Waals surface area contributed by atoms with Crippen molar-refractivity contribution in [1.29, 1.82) is 0 Å². The molecule has 0 amide bonds. The summed E-state index contributed by atoms with van der Waals surface area (Å²) in [7, 11) is 0. The Labute approximate surface area is 56.7 Å². The molecule has 56 valence electrons. The van der Waals surface area contributed by atoms with Crippen LogP contribution in [0.4, 0.5) is 0 Å². The molecule has 2 atom stereocenters. The van der Waals surface area contributed by atoms with Crippen LogP contribution in [-0.2, 0) is 4.79 Å². The second-order valence-corrected chi connectivity index (χ2v) is 1.58. The maximum Gasteiger partial charge on any atom is 0.148 e. The Hall–Kier alpha value is -1.10. The molecule has 6 heteroatoms. The summed E-state index contributed by atoms with van der Waals surface area (Å²) in [5.41, 5.74) is 7.83. The van der Waals surface area contributed by atoms with Crippen molar-refractivity contribution in [3.8, 4) is 0 Å². The van der Waals surface area contributed by atoms with Crippen molar-refractivity contribution in [2.75, 3.05) is 6.61 Å². The van der Waals surface area contributed by atoms with Gasteiger partial charge in [-0.25, -0.2) is 0 Å². The number of rotatable bonds is 4. The van der Waals surface area contributed by atoms with E-state index in [2.05, 4.69) is 10.0 Å². The summed E-state index contributed by atoms with van der Waals surface area (Å²) >= 11 is 0. The third-order valence-electron chi connectivity index (χ3n) is 0.921. The molecule has 6 nitrogen and oxygen atoms in total. The van der Waals surface area contributed by atoms with Crippen LogP contribution >= 0.6 is 0 Å². The number of carbonyl (C=O) groups is 1. The average Bonchev–Trinajstić information content (AvgIpc) is 1.99. The summed E-state index contributed by atoms with van der Waals surface area (Å²) in [6.07, 6.45) is -1.21. The highest BCUT2D eigenvalue weighted by molar-refractivity contribution is 5.56. The lowest BCUT2D eigenvalue weighted by Gasteiger charge is -2.07. The molecule has 0 aromatic carbocycles. The molecule has 0 spiro atoms. The molecule has 2 unspecified atom stereocenters. The van der Waals surface area contributed by atoms with E-state index < -0.39 is 18.8 Å². The molecule has 0 aliphatic heterocycles. The topological polar surface area (TPSA) is 106 Å². The highest BCUT2D eigenvalue weighted by atomic mass is 16.3. The predicted molar refractivity (Wildman–Crippen MR) is 32.1 cm³/mol. The number of aliphatic hydroxyl groups is 2. The van der Waals surface area contributed by atoms with Crippen molar-refractivity contribution in [1.82, 2.24) is 0 Å². The SMILES string of the molecule is [N-]=[N+]=NC(CO)C(O)C=O. The number of hydrogen-bond acceptors (Lipinski definition) is 4. The lowest BCUT2D eigenvalue weighted by atomic mass is 10.2. The minimum atomic E-state index is -1.42. The van der Waals surface area contributed by atoms with Gasteiger partial charge in [0.2, 0.25) is 0 Å². The van der Waals surface area contributed by atoms with Gasteiger partial charge < -0.3 is 15.0 Å². The minimum absolute atomic E-state index is 0.204. The smallest absolute Gasteiger partial charge is 0.148 e. The average molecular weight is 145 g/mol. The monoisotopic (exact) mass is 145 g/mol. The number of azide groups is 1. The van der Waals surface area contributed by atoms with Crippen LogP contribution < -0.4 is 0 Å². The van der Waals surface area contributed by atoms with E-state index in [0.29, 0.717) is 0 Å². The molecule has 0 aromatic rings. The van der Waals surface area contributed by atoms with E-state index in [1.807, 2.05) is 0 Å². The first-order chi connectivity index (χ1) is 4.76. The summed E-state index contributed by atoms with van der Waals surface area (Å²) in [5, 5.41) is 20.0. The summed E-state index contributed by atoms with van der Waals surface area (Å²) in [4.78, 5) is 12.2. The standard InChI is InChI=1S/C4H7N3O3/c5-7-6-3(1-8)4(10)2-9/h2-4,8,10H,1H2. The maximum atomic E-state index is 9.84. The zero-order valence-electron chi connectivity index (χ0n) is 5.08. The molecule has 0 fully saturated rings. The number of aliphatic hydroxyl groups excluding tert-OH is 2. The molecule has 0 heterocycles. The van der Waals surface area contributed by atoms with Gasteiger partial charge in [0.05, 0.1) is 12.6 Å². The first-order valence-corrected chi connectivity index (χ1v) is 2.54. The number of hydrogen-bond donors (Lipinski definition) is 2.